The van der Waals surface area contributed by atoms with Gasteiger partial charge in [0.05, 0.1) is 5.54 Å². The second-order valence-electron chi connectivity index (χ2n) is 5.94. The Morgan fingerprint density at radius 1 is 0.696 bits per heavy atom. The van der Waals surface area contributed by atoms with Gasteiger partial charge in [-0.1, -0.05) is 97.1 Å². The molecule has 0 aliphatic rings. The summed E-state index contributed by atoms with van der Waals surface area (Å²) < 4.78 is 0. The van der Waals surface area contributed by atoms with E-state index in [0.717, 1.165) is 11.1 Å². The highest BCUT2D eigenvalue weighted by Crippen LogP contribution is 2.29. The third-order valence-electron chi connectivity index (χ3n) is 4.01. The molecule has 23 heavy (non-hydrogen) atoms. The Kier molecular flexibility index (Phi) is 4.40. The third kappa shape index (κ3) is 3.58. The van der Waals surface area contributed by atoms with E-state index < -0.39 is 5.54 Å². The molecule has 0 saturated carbocycles. The molecule has 0 aromatic heterocycles. The number of nitrogens with two attached hydrogens (primary N) is 1. The predicted molar refractivity (Wildman–Crippen MR) is 97.9 cm³/mol. The zero-order valence-corrected chi connectivity index (χ0v) is 13.3. The molecule has 1 heteroatoms. The summed E-state index contributed by atoms with van der Waals surface area (Å²) in [5, 5.41) is 0. The molecule has 1 nitrogen and oxygen atoms in total. The Labute approximate surface area is 138 Å². The summed E-state index contributed by atoms with van der Waals surface area (Å²) in [5.41, 5.74) is 10.7. The van der Waals surface area contributed by atoms with Crippen molar-refractivity contribution in [2.75, 3.05) is 0 Å². The topological polar surface area (TPSA) is 26.0 Å². The van der Waals surface area contributed by atoms with Crippen LogP contribution in [0.2, 0.25) is 0 Å². The van der Waals surface area contributed by atoms with Gasteiger partial charge in [0, 0.05) is 0 Å². The van der Waals surface area contributed by atoms with Crippen LogP contribution < -0.4 is 5.73 Å². The fourth-order valence-corrected chi connectivity index (χ4v) is 2.75. The minimum Gasteiger partial charge on any atom is -0.318 e. The standard InChI is InChI=1S/C22H21N/c1-22(23,20-15-9-4-10-16-20)17-21(18-11-5-2-6-12-18)19-13-7-3-8-14-19/h2-17H,23H2,1H3. The lowest BCUT2D eigenvalue weighted by molar-refractivity contribution is 0.631. The van der Waals surface area contributed by atoms with Crippen LogP contribution in [-0.2, 0) is 5.54 Å². The molecule has 0 radical (unpaired) electrons. The van der Waals surface area contributed by atoms with Crippen LogP contribution in [-0.4, -0.2) is 0 Å². The minimum atomic E-state index is -0.539. The number of benzene rings is 3. The predicted octanol–water partition coefficient (Wildman–Crippen LogP) is 4.99. The van der Waals surface area contributed by atoms with Crippen LogP contribution in [0.4, 0.5) is 0 Å². The van der Waals surface area contributed by atoms with Crippen LogP contribution >= 0.6 is 0 Å². The molecule has 1 unspecified atom stereocenters. The molecule has 0 aliphatic heterocycles. The first-order valence-electron chi connectivity index (χ1n) is 7.85. The molecule has 3 aromatic carbocycles. The fraction of sp³-hybridized carbons (Fsp3) is 0.0909. The number of rotatable bonds is 4. The van der Waals surface area contributed by atoms with Crippen molar-refractivity contribution in [3.05, 3.63) is 114 Å². The van der Waals surface area contributed by atoms with E-state index in [0.29, 0.717) is 0 Å². The zero-order chi connectivity index (χ0) is 16.1. The molecule has 0 heterocycles. The maximum Gasteiger partial charge on any atom is 0.0575 e. The van der Waals surface area contributed by atoms with Gasteiger partial charge in [-0.15, -0.1) is 0 Å². The van der Waals surface area contributed by atoms with E-state index in [1.807, 2.05) is 37.3 Å². The third-order valence-corrected chi connectivity index (χ3v) is 4.01. The molecule has 3 rings (SSSR count). The fourth-order valence-electron chi connectivity index (χ4n) is 2.75. The summed E-state index contributed by atoms with van der Waals surface area (Å²) in [6.45, 7) is 2.05. The van der Waals surface area contributed by atoms with Crippen LogP contribution in [0, 0.1) is 0 Å². The first-order valence-corrected chi connectivity index (χ1v) is 7.85. The van der Waals surface area contributed by atoms with E-state index in [4.69, 9.17) is 5.73 Å². The average Bonchev–Trinajstić information content (AvgIpc) is 2.62. The molecule has 0 fully saturated rings. The summed E-state index contributed by atoms with van der Waals surface area (Å²) in [5.74, 6) is 0. The molecule has 0 saturated heterocycles. The molecular formula is C22H21N. The van der Waals surface area contributed by atoms with Gasteiger partial charge in [-0.05, 0) is 29.2 Å². The Morgan fingerprint density at radius 3 is 1.52 bits per heavy atom. The van der Waals surface area contributed by atoms with Crippen LogP contribution in [0.5, 0.6) is 0 Å². The van der Waals surface area contributed by atoms with E-state index in [1.54, 1.807) is 0 Å². The average molecular weight is 299 g/mol. The van der Waals surface area contributed by atoms with Crippen molar-refractivity contribution < 1.29 is 0 Å². The van der Waals surface area contributed by atoms with Crippen molar-refractivity contribution in [3.8, 4) is 0 Å². The van der Waals surface area contributed by atoms with Crippen molar-refractivity contribution in [1.82, 2.24) is 0 Å². The van der Waals surface area contributed by atoms with Crippen LogP contribution in [0.25, 0.3) is 5.57 Å². The first-order chi connectivity index (χ1) is 11.2. The molecule has 3 aromatic rings. The molecule has 1 atom stereocenters. The van der Waals surface area contributed by atoms with Gasteiger partial charge in [-0.3, -0.25) is 0 Å². The SMILES string of the molecule is CC(N)(C=C(c1ccccc1)c1ccccc1)c1ccccc1. The molecule has 0 aliphatic carbocycles. The van der Waals surface area contributed by atoms with Crippen molar-refractivity contribution in [3.63, 3.8) is 0 Å². The highest BCUT2D eigenvalue weighted by atomic mass is 14.7. The lowest BCUT2D eigenvalue weighted by Gasteiger charge is -2.23. The Bertz CT molecular complexity index is 730. The summed E-state index contributed by atoms with van der Waals surface area (Å²) in [6, 6.07) is 31.0. The summed E-state index contributed by atoms with van der Waals surface area (Å²) in [7, 11) is 0. The van der Waals surface area contributed by atoms with Gasteiger partial charge in [0.25, 0.3) is 0 Å². The van der Waals surface area contributed by atoms with E-state index in [-0.39, 0.29) is 0 Å². The monoisotopic (exact) mass is 299 g/mol. The Balaban J connectivity index is 2.12. The van der Waals surface area contributed by atoms with Crippen molar-refractivity contribution in [2.45, 2.75) is 12.5 Å². The normalized spacial score (nSPS) is 13.1. The molecule has 2 N–H and O–H groups in total. The van der Waals surface area contributed by atoms with Gasteiger partial charge in [-0.25, -0.2) is 0 Å². The van der Waals surface area contributed by atoms with Crippen molar-refractivity contribution in [2.24, 2.45) is 5.73 Å². The second-order valence-corrected chi connectivity index (χ2v) is 5.94. The number of hydrogen-bond donors (Lipinski definition) is 1. The summed E-state index contributed by atoms with van der Waals surface area (Å²) >= 11 is 0. The van der Waals surface area contributed by atoms with E-state index in [1.165, 1.54) is 11.1 Å². The molecule has 0 spiro atoms. The van der Waals surface area contributed by atoms with Gasteiger partial charge in [0.2, 0.25) is 0 Å². The highest BCUT2D eigenvalue weighted by molar-refractivity contribution is 5.80. The highest BCUT2D eigenvalue weighted by Gasteiger charge is 2.20. The van der Waals surface area contributed by atoms with Crippen molar-refractivity contribution in [1.29, 1.82) is 0 Å². The van der Waals surface area contributed by atoms with Crippen LogP contribution in [0.1, 0.15) is 23.6 Å². The summed E-state index contributed by atoms with van der Waals surface area (Å²) in [4.78, 5) is 0. The Hall–Kier alpha value is -2.64. The first kappa shape index (κ1) is 15.3. The van der Waals surface area contributed by atoms with Gasteiger partial charge in [0.1, 0.15) is 0 Å². The van der Waals surface area contributed by atoms with E-state index in [2.05, 4.69) is 66.7 Å². The Morgan fingerprint density at radius 2 is 1.09 bits per heavy atom. The minimum absolute atomic E-state index is 0.539. The van der Waals surface area contributed by atoms with Gasteiger partial charge >= 0.3 is 0 Å². The van der Waals surface area contributed by atoms with Crippen LogP contribution in [0.3, 0.4) is 0 Å². The maximum absolute atomic E-state index is 6.64. The molecule has 114 valence electrons. The lowest BCUT2D eigenvalue weighted by Crippen LogP contribution is -2.30. The van der Waals surface area contributed by atoms with Crippen molar-refractivity contribution >= 4 is 5.57 Å². The molecule has 0 bridgehead atoms. The smallest absolute Gasteiger partial charge is 0.0575 e. The lowest BCUT2D eigenvalue weighted by atomic mass is 9.87. The quantitative estimate of drug-likeness (QED) is 0.721. The summed E-state index contributed by atoms with van der Waals surface area (Å²) in [6.07, 6.45) is 2.16. The molecular weight excluding hydrogens is 278 g/mol. The number of hydrogen-bond acceptors (Lipinski definition) is 1. The van der Waals surface area contributed by atoms with E-state index >= 15 is 0 Å². The molecule has 0 amide bonds. The van der Waals surface area contributed by atoms with Crippen LogP contribution in [0.15, 0.2) is 97.1 Å². The van der Waals surface area contributed by atoms with Gasteiger partial charge in [-0.2, -0.15) is 0 Å². The second kappa shape index (κ2) is 6.64. The maximum atomic E-state index is 6.64. The van der Waals surface area contributed by atoms with Gasteiger partial charge in [0.15, 0.2) is 0 Å². The van der Waals surface area contributed by atoms with E-state index in [9.17, 15) is 0 Å². The zero-order valence-electron chi connectivity index (χ0n) is 13.3. The largest absolute Gasteiger partial charge is 0.318 e. The van der Waals surface area contributed by atoms with Gasteiger partial charge < -0.3 is 5.73 Å².